The minimum Gasteiger partial charge on any atom is -0.341 e. The van der Waals surface area contributed by atoms with E-state index in [9.17, 15) is 0 Å². The molecule has 8 rings (SSSR count). The molecule has 5 aromatic carbocycles. The molecule has 0 unspecified atom stereocenters. The molecule has 214 valence electrons. The van der Waals surface area contributed by atoms with Gasteiger partial charge in [0.05, 0.1) is 0 Å². The van der Waals surface area contributed by atoms with Crippen LogP contribution < -0.4 is 5.35 Å². The minimum absolute atomic E-state index is 0.804. The monoisotopic (exact) mass is 607 g/mol. The smallest absolute Gasteiger partial charge is 0.0498 e. The van der Waals surface area contributed by atoms with Crippen LogP contribution in [0.2, 0.25) is 10.0 Å². The van der Waals surface area contributed by atoms with Crippen molar-refractivity contribution in [1.82, 2.24) is 4.57 Å². The lowest BCUT2D eigenvalue weighted by Crippen LogP contribution is -2.14. The Balaban J connectivity index is 1.27. The van der Waals surface area contributed by atoms with Crippen LogP contribution in [-0.2, 0) is 6.54 Å². The first-order valence-electron chi connectivity index (χ1n) is 15.3. The quantitative estimate of drug-likeness (QED) is 0.184. The van der Waals surface area contributed by atoms with E-state index in [1.54, 1.807) is 0 Å². The fourth-order valence-electron chi connectivity index (χ4n) is 7.45. The van der Waals surface area contributed by atoms with Crippen molar-refractivity contribution in [2.24, 2.45) is 0 Å². The fourth-order valence-corrected chi connectivity index (χ4v) is 7.90. The van der Waals surface area contributed by atoms with E-state index in [2.05, 4.69) is 122 Å². The molecule has 3 heteroatoms. The van der Waals surface area contributed by atoms with Gasteiger partial charge in [0.1, 0.15) is 0 Å². The van der Waals surface area contributed by atoms with Gasteiger partial charge in [-0.1, -0.05) is 114 Å². The van der Waals surface area contributed by atoms with E-state index in [-0.39, 0.29) is 0 Å². The summed E-state index contributed by atoms with van der Waals surface area (Å²) in [6.45, 7) is 5.34. The van der Waals surface area contributed by atoms with Gasteiger partial charge in [-0.05, 0) is 101 Å². The number of hydrogen-bond acceptors (Lipinski definition) is 0. The second-order valence-electron chi connectivity index (χ2n) is 11.7. The summed E-state index contributed by atoms with van der Waals surface area (Å²) in [5.41, 5.74) is 11.7. The highest BCUT2D eigenvalue weighted by Crippen LogP contribution is 2.45. The third-order valence-electron chi connectivity index (χ3n) is 9.49. The topological polar surface area (TPSA) is 4.93 Å². The summed E-state index contributed by atoms with van der Waals surface area (Å²) in [7, 11) is 0. The van der Waals surface area contributed by atoms with Gasteiger partial charge >= 0.3 is 0 Å². The van der Waals surface area contributed by atoms with Gasteiger partial charge in [-0.15, -0.1) is 0 Å². The molecule has 0 radical (unpaired) electrons. The van der Waals surface area contributed by atoms with Crippen molar-refractivity contribution < 1.29 is 0 Å². The molecule has 0 bridgehead atoms. The van der Waals surface area contributed by atoms with Crippen LogP contribution in [0.4, 0.5) is 0 Å². The van der Waals surface area contributed by atoms with E-state index in [1.807, 2.05) is 12.1 Å². The van der Waals surface area contributed by atoms with Gasteiger partial charge in [0.2, 0.25) is 0 Å². The second kappa shape index (κ2) is 10.7. The van der Waals surface area contributed by atoms with Crippen LogP contribution in [0, 0.1) is 0 Å². The van der Waals surface area contributed by atoms with Crippen LogP contribution in [0.3, 0.4) is 0 Å². The molecule has 2 aliphatic carbocycles. The van der Waals surface area contributed by atoms with Crippen LogP contribution >= 0.6 is 23.2 Å². The zero-order valence-electron chi connectivity index (χ0n) is 24.8. The third kappa shape index (κ3) is 4.14. The number of aryl methyl sites for hydroxylation is 1. The molecule has 1 heterocycles. The molecule has 0 saturated heterocycles. The van der Waals surface area contributed by atoms with Gasteiger partial charge in [0.25, 0.3) is 0 Å². The summed E-state index contributed by atoms with van der Waals surface area (Å²) in [6, 6.07) is 32.2. The Morgan fingerprint density at radius 1 is 0.682 bits per heavy atom. The molecule has 0 saturated carbocycles. The van der Waals surface area contributed by atoms with Crippen molar-refractivity contribution in [2.75, 3.05) is 0 Å². The molecule has 0 N–H and O–H groups in total. The molecule has 2 aliphatic rings. The molecule has 0 amide bonds. The Labute approximate surface area is 267 Å². The number of halogens is 2. The average molecular weight is 609 g/mol. The fraction of sp³-hybridized carbons (Fsp3) is 0.122. The lowest BCUT2D eigenvalue weighted by molar-refractivity contribution is 0.777. The highest BCUT2D eigenvalue weighted by molar-refractivity contribution is 6.37. The maximum atomic E-state index is 6.62. The third-order valence-corrected chi connectivity index (χ3v) is 10.1. The van der Waals surface area contributed by atoms with Gasteiger partial charge in [0.15, 0.2) is 0 Å². The predicted octanol–water partition coefficient (Wildman–Crippen LogP) is 11.4. The summed E-state index contributed by atoms with van der Waals surface area (Å²) in [4.78, 5) is 0. The Morgan fingerprint density at radius 3 is 2.20 bits per heavy atom. The van der Waals surface area contributed by atoms with Gasteiger partial charge in [-0.2, -0.15) is 0 Å². The lowest BCUT2D eigenvalue weighted by Gasteiger charge is -2.08. The van der Waals surface area contributed by atoms with E-state index >= 15 is 0 Å². The van der Waals surface area contributed by atoms with E-state index in [0.717, 1.165) is 40.2 Å². The van der Waals surface area contributed by atoms with Crippen LogP contribution in [0.15, 0.2) is 120 Å². The van der Waals surface area contributed by atoms with Crippen LogP contribution in [0.25, 0.3) is 55.2 Å². The van der Waals surface area contributed by atoms with Gasteiger partial charge < -0.3 is 4.57 Å². The van der Waals surface area contributed by atoms with Crippen molar-refractivity contribution in [1.29, 1.82) is 0 Å². The first kappa shape index (κ1) is 27.3. The molecule has 0 aliphatic heterocycles. The minimum atomic E-state index is 0.804. The Hall–Kier alpha value is -4.30. The first-order valence-corrected chi connectivity index (χ1v) is 16.1. The maximum absolute atomic E-state index is 6.62. The molecular weight excluding hydrogens is 577 g/mol. The predicted molar refractivity (Wildman–Crippen MR) is 191 cm³/mol. The van der Waals surface area contributed by atoms with Crippen molar-refractivity contribution in [3.63, 3.8) is 0 Å². The average Bonchev–Trinajstić information content (AvgIpc) is 3.69. The van der Waals surface area contributed by atoms with Crippen molar-refractivity contribution >= 4 is 78.4 Å². The summed E-state index contributed by atoms with van der Waals surface area (Å²) < 4.78 is 2.41. The number of allylic oxidation sites excluding steroid dienone is 8. The van der Waals surface area contributed by atoms with E-state index < -0.39 is 0 Å². The highest BCUT2D eigenvalue weighted by Gasteiger charge is 2.23. The summed E-state index contributed by atoms with van der Waals surface area (Å²) in [5.74, 6) is 0. The van der Waals surface area contributed by atoms with Crippen molar-refractivity contribution in [3.8, 4) is 0 Å². The highest BCUT2D eigenvalue weighted by atomic mass is 35.5. The molecule has 1 nitrogen and oxygen atoms in total. The Morgan fingerprint density at radius 2 is 1.41 bits per heavy atom. The lowest BCUT2D eigenvalue weighted by atomic mass is 9.97. The van der Waals surface area contributed by atoms with E-state index in [0.29, 0.717) is 0 Å². The number of aromatic nitrogens is 1. The second-order valence-corrected chi connectivity index (χ2v) is 12.6. The largest absolute Gasteiger partial charge is 0.341 e. The van der Waals surface area contributed by atoms with Gasteiger partial charge in [-0.3, -0.25) is 0 Å². The first-order chi connectivity index (χ1) is 21.5. The summed E-state index contributed by atoms with van der Waals surface area (Å²) >= 11 is 13.2. The van der Waals surface area contributed by atoms with Crippen LogP contribution in [0.1, 0.15) is 43.4 Å². The number of hydrogen-bond donors (Lipinski definition) is 0. The zero-order valence-corrected chi connectivity index (χ0v) is 26.3. The summed E-state index contributed by atoms with van der Waals surface area (Å²) in [6.07, 6.45) is 11.4. The summed E-state index contributed by atoms with van der Waals surface area (Å²) in [5, 5.41) is 8.85. The number of nitrogens with zero attached hydrogens (tertiary/aromatic N) is 1. The van der Waals surface area contributed by atoms with Gasteiger partial charge in [0, 0.05) is 49.0 Å². The SMILES string of the molecule is CCn1/c(=C/C=C2CCC(/C=C/C3=C(C)c4ccc(Cl)c5cccc3c45)=C2c2ccccc2)c2cccc3c(Cl)ccc1c32. The van der Waals surface area contributed by atoms with Gasteiger partial charge in [-0.25, -0.2) is 0 Å². The van der Waals surface area contributed by atoms with Crippen molar-refractivity contribution in [2.45, 2.75) is 33.2 Å². The molecular formula is C41H31Cl2N. The number of benzene rings is 5. The van der Waals surface area contributed by atoms with Crippen molar-refractivity contribution in [3.05, 3.63) is 152 Å². The van der Waals surface area contributed by atoms with E-state index in [4.69, 9.17) is 23.2 Å². The maximum Gasteiger partial charge on any atom is 0.0498 e. The molecule has 0 fully saturated rings. The molecule has 1 aromatic heterocycles. The standard InChI is InChI=1S/C41H31Cl2N/c1-3-44-37(34-14-8-13-33-36(43)22-24-38(44)41(33)34)23-18-28-16-15-27(39(28)26-9-5-4-6-10-26)17-19-29-25(2)30-20-21-35(42)32-12-7-11-31(29)40(30)32/h4-14,17-24H,3,15-16H2,1-2H3/b19-17+,28-18?,37-23+. The molecule has 44 heavy (non-hydrogen) atoms. The normalized spacial score (nSPS) is 16.5. The van der Waals surface area contributed by atoms with E-state index in [1.165, 1.54) is 71.6 Å². The van der Waals surface area contributed by atoms with Crippen LogP contribution in [0.5, 0.6) is 0 Å². The zero-order chi connectivity index (χ0) is 29.9. The number of rotatable bonds is 5. The van der Waals surface area contributed by atoms with Crippen LogP contribution in [-0.4, -0.2) is 4.57 Å². The molecule has 0 atom stereocenters. The molecule has 6 aromatic rings. The molecule has 0 spiro atoms. The Kier molecular flexibility index (Phi) is 6.63. The Bertz CT molecular complexity index is 2330.